The Balaban J connectivity index is 4.13. The second-order valence-corrected chi connectivity index (χ2v) is 4.28. The van der Waals surface area contributed by atoms with Gasteiger partial charge in [0.1, 0.15) is 0 Å². The first-order valence-corrected chi connectivity index (χ1v) is 4.76. The van der Waals surface area contributed by atoms with Crippen LogP contribution in [-0.4, -0.2) is 24.5 Å². The summed E-state index contributed by atoms with van der Waals surface area (Å²) in [7, 11) is 0. The van der Waals surface area contributed by atoms with Crippen molar-refractivity contribution in [3.8, 4) is 0 Å². The van der Waals surface area contributed by atoms with Crippen molar-refractivity contribution in [2.75, 3.05) is 6.61 Å². The lowest BCUT2D eigenvalue weighted by Gasteiger charge is -2.27. The summed E-state index contributed by atoms with van der Waals surface area (Å²) in [5.41, 5.74) is -0.0673. The van der Waals surface area contributed by atoms with Crippen molar-refractivity contribution < 1.29 is 14.3 Å². The third-order valence-corrected chi connectivity index (χ3v) is 2.11. The monoisotopic (exact) mass is 201 g/mol. The van der Waals surface area contributed by atoms with Crippen molar-refractivity contribution in [1.82, 2.24) is 5.32 Å². The quantitative estimate of drug-likeness (QED) is 0.537. The summed E-state index contributed by atoms with van der Waals surface area (Å²) in [6, 6.07) is -0.0700. The molecule has 0 spiro atoms. The predicted octanol–water partition coefficient (Wildman–Crippen LogP) is 1.10. The molecule has 0 aromatic rings. The zero-order valence-corrected chi connectivity index (χ0v) is 9.51. The van der Waals surface area contributed by atoms with Crippen molar-refractivity contribution in [2.24, 2.45) is 5.41 Å². The number of rotatable bonds is 2. The van der Waals surface area contributed by atoms with E-state index in [0.29, 0.717) is 0 Å². The summed E-state index contributed by atoms with van der Waals surface area (Å²) in [6.45, 7) is 9.71. The van der Waals surface area contributed by atoms with Gasteiger partial charge in [-0.05, 0) is 19.3 Å². The van der Waals surface area contributed by atoms with E-state index in [2.05, 4.69) is 10.1 Å². The SMILES string of the molecule is CCOC(=O)C(=O)NC(C)C(C)(C)C. The number of hydrogen-bond acceptors (Lipinski definition) is 3. The number of carbonyl (C=O) groups is 2. The summed E-state index contributed by atoms with van der Waals surface area (Å²) in [6.07, 6.45) is 0. The van der Waals surface area contributed by atoms with E-state index in [1.165, 1.54) is 0 Å². The maximum absolute atomic E-state index is 11.2. The number of hydrogen-bond donors (Lipinski definition) is 1. The lowest BCUT2D eigenvalue weighted by molar-refractivity contribution is -0.155. The molecule has 0 rings (SSSR count). The third kappa shape index (κ3) is 4.25. The Morgan fingerprint density at radius 1 is 1.36 bits per heavy atom. The van der Waals surface area contributed by atoms with Crippen molar-refractivity contribution in [3.63, 3.8) is 0 Å². The second-order valence-electron chi connectivity index (χ2n) is 4.28. The molecular weight excluding hydrogens is 182 g/mol. The van der Waals surface area contributed by atoms with Crippen LogP contribution in [0.5, 0.6) is 0 Å². The zero-order chi connectivity index (χ0) is 11.4. The fraction of sp³-hybridized carbons (Fsp3) is 0.800. The van der Waals surface area contributed by atoms with Crippen LogP contribution in [0.25, 0.3) is 0 Å². The van der Waals surface area contributed by atoms with E-state index in [9.17, 15) is 9.59 Å². The molecule has 1 unspecified atom stereocenters. The molecular formula is C10H19NO3. The molecule has 0 aromatic heterocycles. The van der Waals surface area contributed by atoms with Gasteiger partial charge in [0.15, 0.2) is 0 Å². The standard InChI is InChI=1S/C10H19NO3/c1-6-14-9(13)8(12)11-7(2)10(3,4)5/h7H,6H2,1-5H3,(H,11,12). The highest BCUT2D eigenvalue weighted by molar-refractivity contribution is 6.32. The fourth-order valence-corrected chi connectivity index (χ4v) is 0.669. The Morgan fingerprint density at radius 2 is 1.86 bits per heavy atom. The van der Waals surface area contributed by atoms with Crippen LogP contribution >= 0.6 is 0 Å². The van der Waals surface area contributed by atoms with E-state index >= 15 is 0 Å². The Bertz CT molecular complexity index is 218. The third-order valence-electron chi connectivity index (χ3n) is 2.11. The summed E-state index contributed by atoms with van der Waals surface area (Å²) >= 11 is 0. The Kier molecular flexibility index (Phi) is 4.60. The molecule has 0 bridgehead atoms. The van der Waals surface area contributed by atoms with Crippen LogP contribution in [0.1, 0.15) is 34.6 Å². The predicted molar refractivity (Wildman–Crippen MR) is 53.7 cm³/mol. The highest BCUT2D eigenvalue weighted by Gasteiger charge is 2.24. The average Bonchev–Trinajstić information content (AvgIpc) is 2.02. The van der Waals surface area contributed by atoms with Crippen LogP contribution < -0.4 is 5.32 Å². The van der Waals surface area contributed by atoms with E-state index < -0.39 is 11.9 Å². The molecule has 1 atom stereocenters. The maximum atomic E-state index is 11.2. The van der Waals surface area contributed by atoms with Gasteiger partial charge in [-0.2, -0.15) is 0 Å². The van der Waals surface area contributed by atoms with E-state index in [4.69, 9.17) is 0 Å². The fourth-order valence-electron chi connectivity index (χ4n) is 0.669. The van der Waals surface area contributed by atoms with Crippen molar-refractivity contribution in [2.45, 2.75) is 40.7 Å². The molecule has 0 saturated carbocycles. The van der Waals surface area contributed by atoms with E-state index in [1.807, 2.05) is 27.7 Å². The Labute approximate surface area is 85.0 Å². The van der Waals surface area contributed by atoms with Crippen LogP contribution in [0, 0.1) is 5.41 Å². The topological polar surface area (TPSA) is 55.4 Å². The van der Waals surface area contributed by atoms with E-state index in [-0.39, 0.29) is 18.1 Å². The minimum absolute atomic E-state index is 0.0673. The van der Waals surface area contributed by atoms with Crippen LogP contribution in [0.15, 0.2) is 0 Å². The minimum Gasteiger partial charge on any atom is -0.459 e. The molecule has 1 N–H and O–H groups in total. The number of ether oxygens (including phenoxy) is 1. The smallest absolute Gasteiger partial charge is 0.396 e. The Morgan fingerprint density at radius 3 is 2.21 bits per heavy atom. The first kappa shape index (κ1) is 12.9. The van der Waals surface area contributed by atoms with Gasteiger partial charge in [0.05, 0.1) is 6.61 Å². The van der Waals surface area contributed by atoms with Gasteiger partial charge in [0, 0.05) is 6.04 Å². The first-order valence-electron chi connectivity index (χ1n) is 4.76. The van der Waals surface area contributed by atoms with Gasteiger partial charge in [-0.3, -0.25) is 4.79 Å². The molecule has 0 saturated heterocycles. The molecule has 0 aliphatic carbocycles. The summed E-state index contributed by atoms with van der Waals surface area (Å²) < 4.78 is 4.57. The molecule has 4 nitrogen and oxygen atoms in total. The van der Waals surface area contributed by atoms with Crippen LogP contribution in [-0.2, 0) is 14.3 Å². The van der Waals surface area contributed by atoms with Crippen molar-refractivity contribution in [1.29, 1.82) is 0 Å². The molecule has 14 heavy (non-hydrogen) atoms. The molecule has 82 valence electrons. The van der Waals surface area contributed by atoms with Gasteiger partial charge in [-0.1, -0.05) is 20.8 Å². The molecule has 0 radical (unpaired) electrons. The summed E-state index contributed by atoms with van der Waals surface area (Å²) in [4.78, 5) is 22.2. The van der Waals surface area contributed by atoms with Crippen molar-refractivity contribution in [3.05, 3.63) is 0 Å². The first-order chi connectivity index (χ1) is 6.29. The molecule has 0 aromatic carbocycles. The summed E-state index contributed by atoms with van der Waals surface area (Å²) in [5.74, 6) is -1.49. The highest BCUT2D eigenvalue weighted by Crippen LogP contribution is 2.18. The Hall–Kier alpha value is -1.06. The second kappa shape index (κ2) is 4.98. The molecule has 0 heterocycles. The van der Waals surface area contributed by atoms with Crippen molar-refractivity contribution >= 4 is 11.9 Å². The van der Waals surface area contributed by atoms with Crippen LogP contribution in [0.2, 0.25) is 0 Å². The van der Waals surface area contributed by atoms with Crippen LogP contribution in [0.3, 0.4) is 0 Å². The normalized spacial score (nSPS) is 13.2. The van der Waals surface area contributed by atoms with E-state index in [1.54, 1.807) is 6.92 Å². The number of esters is 1. The largest absolute Gasteiger partial charge is 0.459 e. The van der Waals surface area contributed by atoms with Gasteiger partial charge < -0.3 is 10.1 Å². The molecule has 4 heteroatoms. The van der Waals surface area contributed by atoms with Gasteiger partial charge in [0.2, 0.25) is 0 Å². The molecule has 1 amide bonds. The zero-order valence-electron chi connectivity index (χ0n) is 9.51. The highest BCUT2D eigenvalue weighted by atomic mass is 16.5. The maximum Gasteiger partial charge on any atom is 0.396 e. The minimum atomic E-state index is -0.816. The molecule has 0 fully saturated rings. The van der Waals surface area contributed by atoms with Gasteiger partial charge >= 0.3 is 11.9 Å². The van der Waals surface area contributed by atoms with Gasteiger partial charge in [-0.25, -0.2) is 4.79 Å². The number of amides is 1. The molecule has 0 aliphatic rings. The van der Waals surface area contributed by atoms with Gasteiger partial charge in [0.25, 0.3) is 0 Å². The van der Waals surface area contributed by atoms with Crippen LogP contribution in [0.4, 0.5) is 0 Å². The molecule has 0 aliphatic heterocycles. The van der Waals surface area contributed by atoms with Gasteiger partial charge in [-0.15, -0.1) is 0 Å². The lowest BCUT2D eigenvalue weighted by atomic mass is 9.88. The summed E-state index contributed by atoms with van der Waals surface area (Å²) in [5, 5.41) is 2.59. The average molecular weight is 201 g/mol. The number of nitrogens with one attached hydrogen (secondary N) is 1. The lowest BCUT2D eigenvalue weighted by Crippen LogP contribution is -2.44. The number of carbonyl (C=O) groups excluding carboxylic acids is 2. The van der Waals surface area contributed by atoms with E-state index in [0.717, 1.165) is 0 Å².